The monoisotopic (exact) mass is 480 g/mol. The number of benzene rings is 2. The second-order valence-electron chi connectivity index (χ2n) is 9.59. The van der Waals surface area contributed by atoms with Crippen LogP contribution >= 0.6 is 11.6 Å². The maximum atomic E-state index is 12.6. The zero-order valence-corrected chi connectivity index (χ0v) is 21.3. The molecule has 2 heterocycles. The predicted molar refractivity (Wildman–Crippen MR) is 141 cm³/mol. The lowest BCUT2D eigenvalue weighted by Crippen LogP contribution is -2.30. The van der Waals surface area contributed by atoms with Crippen LogP contribution in [0.5, 0.6) is 5.75 Å². The van der Waals surface area contributed by atoms with Crippen LogP contribution in [0.25, 0.3) is 0 Å². The Hall–Kier alpha value is -2.46. The van der Waals surface area contributed by atoms with Gasteiger partial charge in [0.05, 0.1) is 12.3 Å². The van der Waals surface area contributed by atoms with Crippen molar-refractivity contribution in [2.75, 3.05) is 38.2 Å². The number of hydrogen-bond donors (Lipinski definition) is 0. The van der Waals surface area contributed by atoms with Gasteiger partial charge in [-0.25, -0.2) is 0 Å². The number of anilines is 1. The Kier molecular flexibility index (Phi) is 8.55. The van der Waals surface area contributed by atoms with Gasteiger partial charge < -0.3 is 14.5 Å². The summed E-state index contributed by atoms with van der Waals surface area (Å²) in [5.74, 6) is 1.42. The van der Waals surface area contributed by atoms with Crippen molar-refractivity contribution in [2.24, 2.45) is 0 Å². The first-order valence-corrected chi connectivity index (χ1v) is 13.1. The molecule has 2 aliphatic heterocycles. The van der Waals surface area contributed by atoms with Crippen molar-refractivity contribution in [3.63, 3.8) is 0 Å². The van der Waals surface area contributed by atoms with E-state index in [1.807, 2.05) is 18.0 Å². The summed E-state index contributed by atoms with van der Waals surface area (Å²) in [6.07, 6.45) is 11.0. The Bertz CT molecular complexity index is 1020. The number of ether oxygens (including phenoxy) is 1. The number of carbonyl (C=O) groups is 1. The fourth-order valence-corrected chi connectivity index (χ4v) is 5.21. The van der Waals surface area contributed by atoms with Gasteiger partial charge in [0.15, 0.2) is 0 Å². The fraction of sp³-hybridized carbons (Fsp3) is 0.483. The number of halogens is 1. The van der Waals surface area contributed by atoms with E-state index in [0.717, 1.165) is 68.1 Å². The highest BCUT2D eigenvalue weighted by molar-refractivity contribution is 6.30. The van der Waals surface area contributed by atoms with Gasteiger partial charge in [0, 0.05) is 44.0 Å². The second kappa shape index (κ2) is 11.8. The summed E-state index contributed by atoms with van der Waals surface area (Å²) in [7, 11) is 1.89. The molecule has 2 aromatic rings. The molecule has 0 N–H and O–H groups in total. The van der Waals surface area contributed by atoms with Crippen molar-refractivity contribution < 1.29 is 9.53 Å². The van der Waals surface area contributed by atoms with Gasteiger partial charge in [0.1, 0.15) is 5.75 Å². The third kappa shape index (κ3) is 6.15. The Morgan fingerprint density at radius 3 is 2.82 bits per heavy atom. The minimum atomic E-state index is 0.189. The molecule has 0 saturated heterocycles. The smallest absolute Gasteiger partial charge is 0.222 e. The highest BCUT2D eigenvalue weighted by atomic mass is 35.5. The molecule has 0 aromatic heterocycles. The Labute approximate surface area is 209 Å². The summed E-state index contributed by atoms with van der Waals surface area (Å²) in [6, 6.07) is 12.8. The number of hydrogen-bond acceptors (Lipinski definition) is 3. The first kappa shape index (κ1) is 24.7. The maximum Gasteiger partial charge on any atom is 0.222 e. The van der Waals surface area contributed by atoms with E-state index in [0.29, 0.717) is 19.6 Å². The second-order valence-corrected chi connectivity index (χ2v) is 10.0. The third-order valence-corrected chi connectivity index (χ3v) is 7.19. The van der Waals surface area contributed by atoms with Crippen molar-refractivity contribution in [3.8, 4) is 5.75 Å². The number of allylic oxidation sites excluding steroid dienone is 1. The molecule has 1 atom stereocenters. The van der Waals surface area contributed by atoms with Crippen LogP contribution < -0.4 is 9.64 Å². The van der Waals surface area contributed by atoms with Gasteiger partial charge in [-0.1, -0.05) is 49.2 Å². The molecule has 0 aliphatic carbocycles. The molecule has 0 radical (unpaired) electrons. The van der Waals surface area contributed by atoms with Gasteiger partial charge in [-0.15, -0.1) is 0 Å². The number of carbonyl (C=O) groups excluding carboxylic acids is 1. The van der Waals surface area contributed by atoms with E-state index in [-0.39, 0.29) is 11.8 Å². The van der Waals surface area contributed by atoms with Crippen molar-refractivity contribution >= 4 is 23.2 Å². The molecule has 0 fully saturated rings. The largest absolute Gasteiger partial charge is 0.491 e. The molecule has 2 bridgehead atoms. The standard InChI is InChI=1S/C29H37ClN2O2/c1-3-9-23-19-25(30)12-13-26(23)24-20-32-17-8-6-4-5-7-16-31(2)29(33)15-11-22-10-14-28(34-21-24)27(32)18-22/h5,7,10,12-14,18-19,24H,3-4,6,8-9,11,15-17,20-21H2,1-2H3/b7-5+. The molecule has 1 unspecified atom stereocenters. The molecule has 0 spiro atoms. The summed E-state index contributed by atoms with van der Waals surface area (Å²) < 4.78 is 6.40. The highest BCUT2D eigenvalue weighted by Gasteiger charge is 2.26. The minimum Gasteiger partial charge on any atom is -0.491 e. The van der Waals surface area contributed by atoms with E-state index in [2.05, 4.69) is 54.3 Å². The van der Waals surface area contributed by atoms with Gasteiger partial charge in [-0.3, -0.25) is 4.79 Å². The Balaban J connectivity index is 1.63. The lowest BCUT2D eigenvalue weighted by Gasteiger charge is -2.28. The quantitative estimate of drug-likeness (QED) is 0.476. The summed E-state index contributed by atoms with van der Waals surface area (Å²) in [5, 5.41) is 0.803. The SMILES string of the molecule is CCCc1cc(Cl)ccc1C1COc2ccc3cc2N(CCCC/C=C/CN(C)C(=O)CC3)C1. The van der Waals surface area contributed by atoms with E-state index in [1.165, 1.54) is 16.7 Å². The Morgan fingerprint density at radius 2 is 1.97 bits per heavy atom. The molecular weight excluding hydrogens is 444 g/mol. The molecule has 0 saturated carbocycles. The molecule has 4 rings (SSSR count). The van der Waals surface area contributed by atoms with Crippen LogP contribution in [0.15, 0.2) is 48.6 Å². The molecule has 2 aliphatic rings. The van der Waals surface area contributed by atoms with Crippen LogP contribution in [0, 0.1) is 0 Å². The topological polar surface area (TPSA) is 32.8 Å². The normalized spacial score (nSPS) is 20.7. The first-order valence-electron chi connectivity index (χ1n) is 12.7. The van der Waals surface area contributed by atoms with Gasteiger partial charge >= 0.3 is 0 Å². The molecule has 4 nitrogen and oxygen atoms in total. The predicted octanol–water partition coefficient (Wildman–Crippen LogP) is 6.41. The summed E-state index contributed by atoms with van der Waals surface area (Å²) in [4.78, 5) is 16.9. The van der Waals surface area contributed by atoms with Crippen LogP contribution in [0.2, 0.25) is 5.02 Å². The average Bonchev–Trinajstić information content (AvgIpc) is 3.01. The van der Waals surface area contributed by atoms with Crippen LogP contribution in [-0.2, 0) is 17.6 Å². The number of fused-ring (bicyclic) bond motifs is 1. The average molecular weight is 481 g/mol. The molecule has 5 heteroatoms. The van der Waals surface area contributed by atoms with E-state index >= 15 is 0 Å². The number of aryl methyl sites for hydroxylation is 2. The van der Waals surface area contributed by atoms with Crippen LogP contribution in [-0.4, -0.2) is 44.1 Å². The first-order chi connectivity index (χ1) is 16.5. The van der Waals surface area contributed by atoms with Crippen molar-refractivity contribution in [1.29, 1.82) is 0 Å². The summed E-state index contributed by atoms with van der Waals surface area (Å²) >= 11 is 6.34. The van der Waals surface area contributed by atoms with Gasteiger partial charge in [-0.05, 0) is 73.1 Å². The zero-order valence-electron chi connectivity index (χ0n) is 20.6. The van der Waals surface area contributed by atoms with Crippen LogP contribution in [0.3, 0.4) is 0 Å². The lowest BCUT2D eigenvalue weighted by atomic mass is 9.92. The number of likely N-dealkylation sites (N-methyl/N-ethyl adjacent to an activating group) is 1. The van der Waals surface area contributed by atoms with E-state index in [4.69, 9.17) is 16.3 Å². The fourth-order valence-electron chi connectivity index (χ4n) is 5.01. The number of rotatable bonds is 3. The number of amides is 1. The minimum absolute atomic E-state index is 0.189. The maximum absolute atomic E-state index is 12.6. The van der Waals surface area contributed by atoms with Crippen LogP contribution in [0.1, 0.15) is 61.6 Å². The third-order valence-electron chi connectivity index (χ3n) is 6.96. The van der Waals surface area contributed by atoms with Gasteiger partial charge in [-0.2, -0.15) is 0 Å². The number of nitrogens with zero attached hydrogens (tertiary/aromatic N) is 2. The highest BCUT2D eigenvalue weighted by Crippen LogP contribution is 2.37. The van der Waals surface area contributed by atoms with Gasteiger partial charge in [0.2, 0.25) is 5.91 Å². The van der Waals surface area contributed by atoms with Crippen molar-refractivity contribution in [1.82, 2.24) is 4.90 Å². The molecular formula is C29H37ClN2O2. The molecule has 182 valence electrons. The summed E-state index contributed by atoms with van der Waals surface area (Å²) in [6.45, 7) is 5.48. The Morgan fingerprint density at radius 1 is 1.09 bits per heavy atom. The van der Waals surface area contributed by atoms with Gasteiger partial charge in [0.25, 0.3) is 0 Å². The van der Waals surface area contributed by atoms with E-state index in [1.54, 1.807) is 0 Å². The van der Waals surface area contributed by atoms with E-state index < -0.39 is 0 Å². The lowest BCUT2D eigenvalue weighted by molar-refractivity contribution is -0.129. The zero-order chi connectivity index (χ0) is 23.9. The van der Waals surface area contributed by atoms with E-state index in [9.17, 15) is 4.79 Å². The molecule has 34 heavy (non-hydrogen) atoms. The summed E-state index contributed by atoms with van der Waals surface area (Å²) in [5.41, 5.74) is 5.04. The van der Waals surface area contributed by atoms with Crippen LogP contribution in [0.4, 0.5) is 5.69 Å². The van der Waals surface area contributed by atoms with Crippen molar-refractivity contribution in [3.05, 3.63) is 70.3 Å². The molecule has 2 aromatic carbocycles. The van der Waals surface area contributed by atoms with Crippen molar-refractivity contribution in [2.45, 2.75) is 57.8 Å². The molecule has 1 amide bonds.